The summed E-state index contributed by atoms with van der Waals surface area (Å²) in [5.74, 6) is -4.18. The minimum Gasteiger partial charge on any atom is -0.374 e. The summed E-state index contributed by atoms with van der Waals surface area (Å²) in [5.41, 5.74) is 6.04. The summed E-state index contributed by atoms with van der Waals surface area (Å²) in [6.07, 6.45) is -3.37. The van der Waals surface area contributed by atoms with Crippen LogP contribution in [-0.4, -0.2) is 86.2 Å². The van der Waals surface area contributed by atoms with Gasteiger partial charge in [-0.3, -0.25) is 0 Å². The third kappa shape index (κ3) is 11.5. The minimum absolute atomic E-state index is 0.169. The van der Waals surface area contributed by atoms with E-state index in [0.717, 1.165) is 33.4 Å². The van der Waals surface area contributed by atoms with E-state index in [0.29, 0.717) is 33.0 Å². The first-order valence-corrected chi connectivity index (χ1v) is 23.0. The van der Waals surface area contributed by atoms with Gasteiger partial charge in [0.1, 0.15) is 49.8 Å². The summed E-state index contributed by atoms with van der Waals surface area (Å²) in [4.78, 5) is 0. The molecule has 12 heteroatoms. The van der Waals surface area contributed by atoms with Gasteiger partial charge in [-0.25, -0.2) is 0 Å². The van der Waals surface area contributed by atoms with E-state index in [1.807, 2.05) is 167 Å². The van der Waals surface area contributed by atoms with Gasteiger partial charge in [-0.15, -0.1) is 0 Å². The number of hydrogen-bond acceptors (Lipinski definition) is 12. The first-order valence-electron chi connectivity index (χ1n) is 23.0. The Morgan fingerprint density at radius 3 is 1.38 bits per heavy atom. The fourth-order valence-electron chi connectivity index (χ4n) is 9.05. The molecular weight excluding hydrogens is 841 g/mol. The smallest absolute Gasteiger partial charge is 0.224 e. The predicted octanol–water partition coefficient (Wildman–Crippen LogP) is 8.82. The van der Waals surface area contributed by atoms with Crippen LogP contribution in [0.1, 0.15) is 61.1 Å². The molecule has 4 fully saturated rings. The normalized spacial score (nSPS) is 28.9. The standard InChI is InChI=1S/C54H62O12/c1-51(2)62-37-53(65-51)49(47(57-31-40-20-11-6-12-21-40)45(36-61-53)56-30-39-18-9-5-10-19-39)60-34-44-27-17-26-43(28-44)29-55-35-46-48(58-32-41-22-13-7-14-23-41)50(59-33-42-24-15-8-16-25-42)54(64-46)38-63-52(3,4)66-54/h5-28,45-50H,29-38H2,1-4H3/t45-,46-,47?,48-,49?,50+,53+,54+/m1/s1. The van der Waals surface area contributed by atoms with E-state index < -0.39 is 59.8 Å². The molecule has 8 atom stereocenters. The molecule has 66 heavy (non-hydrogen) atoms. The summed E-state index contributed by atoms with van der Waals surface area (Å²) in [5, 5.41) is 0. The summed E-state index contributed by atoms with van der Waals surface area (Å²) in [6, 6.07) is 48.4. The van der Waals surface area contributed by atoms with Crippen LogP contribution in [0.15, 0.2) is 146 Å². The van der Waals surface area contributed by atoms with Crippen molar-refractivity contribution in [3.8, 4) is 0 Å². The summed E-state index contributed by atoms with van der Waals surface area (Å²) < 4.78 is 78.8. The third-order valence-electron chi connectivity index (χ3n) is 12.2. The van der Waals surface area contributed by atoms with Gasteiger partial charge in [0.25, 0.3) is 0 Å². The van der Waals surface area contributed by atoms with Gasteiger partial charge in [0.15, 0.2) is 11.6 Å². The molecule has 4 aliphatic rings. The lowest BCUT2D eigenvalue weighted by Crippen LogP contribution is -2.64. The van der Waals surface area contributed by atoms with Crippen molar-refractivity contribution in [2.45, 2.75) is 127 Å². The van der Waals surface area contributed by atoms with Crippen molar-refractivity contribution in [3.05, 3.63) is 179 Å². The molecule has 5 aromatic carbocycles. The second kappa shape index (κ2) is 20.9. The first kappa shape index (κ1) is 46.7. The average molecular weight is 903 g/mol. The third-order valence-corrected chi connectivity index (χ3v) is 12.2. The largest absolute Gasteiger partial charge is 0.374 e. The lowest BCUT2D eigenvalue weighted by Gasteiger charge is -2.47. The second-order valence-corrected chi connectivity index (χ2v) is 18.3. The Hall–Kier alpha value is -4.38. The SMILES string of the molecule is CC1(C)OC[C@]2(OC[C@@H](OCc3ccccc3)C(OCc3ccccc3)C2OCc2cccc(COC[C@H]3O[C@]4(COC(C)(C)O4)[C@@H](OCc4ccccc4)[C@@H]3OCc3ccccc3)c2)O1. The van der Waals surface area contributed by atoms with E-state index in [-0.39, 0.29) is 33.0 Å². The lowest BCUT2D eigenvalue weighted by molar-refractivity contribution is -0.356. The van der Waals surface area contributed by atoms with Crippen LogP contribution in [-0.2, 0) is 96.5 Å². The van der Waals surface area contributed by atoms with Crippen LogP contribution >= 0.6 is 0 Å². The van der Waals surface area contributed by atoms with Crippen LogP contribution in [0.3, 0.4) is 0 Å². The minimum atomic E-state index is -1.22. The van der Waals surface area contributed by atoms with Gasteiger partial charge >= 0.3 is 0 Å². The predicted molar refractivity (Wildman–Crippen MR) is 243 cm³/mol. The van der Waals surface area contributed by atoms with Crippen molar-refractivity contribution in [3.63, 3.8) is 0 Å². The van der Waals surface area contributed by atoms with Gasteiger partial charge in [0, 0.05) is 0 Å². The summed E-state index contributed by atoms with van der Waals surface area (Å²) in [6.45, 7) is 10.3. The van der Waals surface area contributed by atoms with Crippen molar-refractivity contribution in [2.24, 2.45) is 0 Å². The van der Waals surface area contributed by atoms with Gasteiger partial charge in [-0.05, 0) is 61.1 Å². The van der Waals surface area contributed by atoms with Crippen LogP contribution < -0.4 is 0 Å². The van der Waals surface area contributed by atoms with Gasteiger partial charge < -0.3 is 56.8 Å². The fraction of sp³-hybridized carbons (Fsp3) is 0.444. The molecule has 0 bridgehead atoms. The van der Waals surface area contributed by atoms with Gasteiger partial charge in [-0.2, -0.15) is 0 Å². The van der Waals surface area contributed by atoms with Gasteiger partial charge in [0.05, 0.1) is 52.9 Å². The molecule has 2 spiro atoms. The maximum Gasteiger partial charge on any atom is 0.224 e. The number of ether oxygens (including phenoxy) is 12. The Morgan fingerprint density at radius 2 is 0.864 bits per heavy atom. The molecule has 4 saturated heterocycles. The number of rotatable bonds is 19. The Morgan fingerprint density at radius 1 is 0.439 bits per heavy atom. The first-order chi connectivity index (χ1) is 32.1. The Kier molecular flexibility index (Phi) is 14.8. The topological polar surface area (TPSA) is 111 Å². The molecule has 0 amide bonds. The zero-order valence-electron chi connectivity index (χ0n) is 38.3. The van der Waals surface area contributed by atoms with Crippen molar-refractivity contribution in [1.29, 1.82) is 0 Å². The lowest BCUT2D eigenvalue weighted by atomic mass is 9.96. The van der Waals surface area contributed by atoms with Crippen LogP contribution in [0.5, 0.6) is 0 Å². The van der Waals surface area contributed by atoms with E-state index in [9.17, 15) is 0 Å². The average Bonchev–Trinajstić information content (AvgIpc) is 3.93. The van der Waals surface area contributed by atoms with E-state index in [1.165, 1.54) is 0 Å². The molecule has 0 saturated carbocycles. The van der Waals surface area contributed by atoms with Gasteiger partial charge in [-0.1, -0.05) is 146 Å². The quantitative estimate of drug-likeness (QED) is 0.0790. The molecule has 4 aliphatic heterocycles. The van der Waals surface area contributed by atoms with Crippen molar-refractivity contribution < 1.29 is 56.8 Å². The Bertz CT molecular complexity index is 2260. The highest BCUT2D eigenvalue weighted by Crippen LogP contribution is 2.45. The molecule has 2 unspecified atom stereocenters. The molecule has 0 aliphatic carbocycles. The van der Waals surface area contributed by atoms with Crippen LogP contribution in [0.4, 0.5) is 0 Å². The van der Waals surface area contributed by atoms with E-state index in [1.54, 1.807) is 0 Å². The molecule has 9 rings (SSSR count). The monoisotopic (exact) mass is 902 g/mol. The zero-order valence-corrected chi connectivity index (χ0v) is 38.3. The van der Waals surface area contributed by atoms with Crippen LogP contribution in [0.25, 0.3) is 0 Å². The highest BCUT2D eigenvalue weighted by molar-refractivity contribution is 5.23. The molecule has 5 aromatic rings. The maximum absolute atomic E-state index is 6.89. The maximum atomic E-state index is 6.89. The van der Waals surface area contributed by atoms with Crippen LogP contribution in [0.2, 0.25) is 0 Å². The highest BCUT2D eigenvalue weighted by atomic mass is 16.9. The molecule has 0 radical (unpaired) electrons. The van der Waals surface area contributed by atoms with Crippen molar-refractivity contribution >= 4 is 0 Å². The van der Waals surface area contributed by atoms with E-state index in [4.69, 9.17) is 56.8 Å². The Balaban J connectivity index is 0.901. The summed E-state index contributed by atoms with van der Waals surface area (Å²) >= 11 is 0. The number of hydrogen-bond donors (Lipinski definition) is 0. The highest BCUT2D eigenvalue weighted by Gasteiger charge is 2.64. The van der Waals surface area contributed by atoms with Crippen molar-refractivity contribution in [2.75, 3.05) is 26.4 Å². The van der Waals surface area contributed by atoms with E-state index in [2.05, 4.69) is 6.07 Å². The van der Waals surface area contributed by atoms with Gasteiger partial charge in [0.2, 0.25) is 11.6 Å². The Labute approximate surface area is 388 Å². The number of benzene rings is 5. The molecular formula is C54H62O12. The summed E-state index contributed by atoms with van der Waals surface area (Å²) in [7, 11) is 0. The molecule has 350 valence electrons. The van der Waals surface area contributed by atoms with E-state index >= 15 is 0 Å². The molecule has 0 aromatic heterocycles. The molecule has 4 heterocycles. The molecule has 0 N–H and O–H groups in total. The second-order valence-electron chi connectivity index (χ2n) is 18.3. The molecule has 12 nitrogen and oxygen atoms in total. The van der Waals surface area contributed by atoms with Crippen molar-refractivity contribution in [1.82, 2.24) is 0 Å². The van der Waals surface area contributed by atoms with Crippen LogP contribution in [0, 0.1) is 0 Å². The zero-order chi connectivity index (χ0) is 45.5. The fourth-order valence-corrected chi connectivity index (χ4v) is 9.05.